The van der Waals surface area contributed by atoms with Crippen molar-refractivity contribution >= 4 is 94.2 Å². The summed E-state index contributed by atoms with van der Waals surface area (Å²) >= 11 is 0. The molecule has 3 nitrogen and oxygen atoms in total. The smallest absolute Gasteiger partial charge is 0.179 e. The van der Waals surface area contributed by atoms with Crippen LogP contribution in [0.3, 0.4) is 0 Å². The molecule has 0 saturated carbocycles. The number of para-hydroxylation sites is 3. The highest BCUT2D eigenvalue weighted by Crippen LogP contribution is 2.41. The molecule has 306 valence electrons. The van der Waals surface area contributed by atoms with Gasteiger partial charge in [0.15, 0.2) is 8.07 Å². The summed E-state index contributed by atoms with van der Waals surface area (Å²) in [5.41, 5.74) is 11.9. The normalized spacial score (nSPS) is 12.1. The minimum absolute atomic E-state index is 1.14. The fourth-order valence-electron chi connectivity index (χ4n) is 11.1. The van der Waals surface area contributed by atoms with Crippen molar-refractivity contribution in [1.82, 2.24) is 13.7 Å². The molecule has 3 aromatic heterocycles. The van der Waals surface area contributed by atoms with Gasteiger partial charge in [0.2, 0.25) is 0 Å². The molecule has 0 aliphatic heterocycles. The predicted molar refractivity (Wildman–Crippen MR) is 278 cm³/mol. The molecule has 10 aromatic carbocycles. The molecule has 65 heavy (non-hydrogen) atoms. The Hall–Kier alpha value is -8.18. The molecule has 0 N–H and O–H groups in total. The molecule has 0 spiro atoms. The first-order chi connectivity index (χ1) is 32.2. The third-order valence-corrected chi connectivity index (χ3v) is 18.6. The van der Waals surface area contributed by atoms with Crippen LogP contribution in [0, 0.1) is 6.92 Å². The van der Waals surface area contributed by atoms with Crippen molar-refractivity contribution in [2.45, 2.75) is 6.92 Å². The third-order valence-electron chi connectivity index (χ3n) is 13.8. The predicted octanol–water partition coefficient (Wildman–Crippen LogP) is 12.7. The summed E-state index contributed by atoms with van der Waals surface area (Å²) in [5.74, 6) is 0. The van der Waals surface area contributed by atoms with Gasteiger partial charge in [-0.2, -0.15) is 0 Å². The van der Waals surface area contributed by atoms with E-state index < -0.39 is 8.07 Å². The lowest BCUT2D eigenvalue weighted by molar-refractivity contribution is 1.16. The lowest BCUT2D eigenvalue weighted by atomic mass is 10.1. The molecule has 0 unspecified atom stereocenters. The highest BCUT2D eigenvalue weighted by molar-refractivity contribution is 7.19. The summed E-state index contributed by atoms with van der Waals surface area (Å²) in [6.45, 7) is 2.18. The minimum Gasteiger partial charge on any atom is -0.309 e. The highest BCUT2D eigenvalue weighted by atomic mass is 28.3. The van der Waals surface area contributed by atoms with Gasteiger partial charge in [0.05, 0.1) is 38.8 Å². The molecule has 13 aromatic rings. The molecule has 0 aliphatic rings. The monoisotopic (exact) mass is 845 g/mol. The van der Waals surface area contributed by atoms with E-state index >= 15 is 0 Å². The van der Waals surface area contributed by atoms with Gasteiger partial charge in [-0.05, 0) is 100 Å². The number of nitrogens with zero attached hydrogens (tertiary/aromatic N) is 3. The molecule has 0 saturated heterocycles. The zero-order valence-electron chi connectivity index (χ0n) is 35.9. The Balaban J connectivity index is 1.01. The Morgan fingerprint density at radius 1 is 0.277 bits per heavy atom. The van der Waals surface area contributed by atoms with Gasteiger partial charge in [-0.25, -0.2) is 0 Å². The lowest BCUT2D eigenvalue weighted by Gasteiger charge is -2.34. The molecule has 0 atom stereocenters. The first-order valence-corrected chi connectivity index (χ1v) is 24.5. The zero-order valence-corrected chi connectivity index (χ0v) is 36.9. The topological polar surface area (TPSA) is 14.8 Å². The molecule has 0 bridgehead atoms. The van der Waals surface area contributed by atoms with Gasteiger partial charge in [-0.1, -0.05) is 175 Å². The van der Waals surface area contributed by atoms with E-state index in [2.05, 4.69) is 263 Å². The highest BCUT2D eigenvalue weighted by Gasteiger charge is 2.41. The van der Waals surface area contributed by atoms with Crippen molar-refractivity contribution in [3.05, 3.63) is 248 Å². The Bertz CT molecular complexity index is 3840. The standard InChI is InChI=1S/C61H43N3Si/c1-42-32-38-57-52(40-42)49-24-11-14-27-54(49)63(57)44-35-39-58-53(41-44)50-25-12-15-28-55(50)64(58)60-31-17-30-59-61(60)51-26-13-16-29-56(51)62(59)43-33-36-48(37-34-43)65(45-18-5-2-6-19-45,46-20-7-3-8-21-46)47-22-9-4-10-23-47/h2-41H,1H3. The number of hydrogen-bond acceptors (Lipinski definition) is 0. The number of aromatic nitrogens is 3. The summed E-state index contributed by atoms with van der Waals surface area (Å²) in [7, 11) is -2.68. The van der Waals surface area contributed by atoms with Crippen molar-refractivity contribution in [1.29, 1.82) is 0 Å². The minimum atomic E-state index is -2.68. The lowest BCUT2D eigenvalue weighted by Crippen LogP contribution is -2.74. The van der Waals surface area contributed by atoms with Gasteiger partial charge >= 0.3 is 0 Å². The number of hydrogen-bond donors (Lipinski definition) is 0. The molecule has 13 rings (SSSR count). The van der Waals surface area contributed by atoms with Crippen LogP contribution in [0.1, 0.15) is 5.56 Å². The molecular weight excluding hydrogens is 803 g/mol. The van der Waals surface area contributed by atoms with E-state index in [0.29, 0.717) is 0 Å². The van der Waals surface area contributed by atoms with Gasteiger partial charge in [0.1, 0.15) is 0 Å². The van der Waals surface area contributed by atoms with E-state index in [1.165, 1.54) is 97.4 Å². The molecule has 3 heterocycles. The summed E-state index contributed by atoms with van der Waals surface area (Å²) in [6.07, 6.45) is 0. The molecule has 0 fully saturated rings. The van der Waals surface area contributed by atoms with Crippen LogP contribution in [-0.4, -0.2) is 21.8 Å². The van der Waals surface area contributed by atoms with Crippen LogP contribution in [0.4, 0.5) is 0 Å². The molecule has 0 amide bonds. The zero-order chi connectivity index (χ0) is 43.1. The molecular formula is C61H43N3Si. The molecule has 4 heteroatoms. The van der Waals surface area contributed by atoms with Crippen molar-refractivity contribution in [3.8, 4) is 17.1 Å². The van der Waals surface area contributed by atoms with Gasteiger partial charge in [0.25, 0.3) is 0 Å². The average Bonchev–Trinajstić information content (AvgIpc) is 4.01. The summed E-state index contributed by atoms with van der Waals surface area (Å²) < 4.78 is 7.39. The Morgan fingerprint density at radius 2 is 0.692 bits per heavy atom. The van der Waals surface area contributed by atoms with E-state index in [1.807, 2.05) is 0 Å². The fourth-order valence-corrected chi connectivity index (χ4v) is 15.9. The van der Waals surface area contributed by atoms with Crippen LogP contribution in [0.15, 0.2) is 243 Å². The number of benzene rings is 10. The van der Waals surface area contributed by atoms with Gasteiger partial charge < -0.3 is 13.7 Å². The summed E-state index contributed by atoms with van der Waals surface area (Å²) in [4.78, 5) is 0. The van der Waals surface area contributed by atoms with E-state index in [1.54, 1.807) is 0 Å². The van der Waals surface area contributed by atoms with Crippen LogP contribution in [0.25, 0.3) is 82.5 Å². The van der Waals surface area contributed by atoms with Crippen LogP contribution < -0.4 is 20.7 Å². The van der Waals surface area contributed by atoms with Crippen molar-refractivity contribution < 1.29 is 0 Å². The Labute approximate surface area is 378 Å². The van der Waals surface area contributed by atoms with Crippen LogP contribution >= 0.6 is 0 Å². The SMILES string of the molecule is Cc1ccc2c(c1)c1ccccc1n2-c1ccc2c(c1)c1ccccc1n2-c1cccc2c1c1ccccc1n2-c1ccc([Si](c2ccccc2)(c2ccccc2)c2ccccc2)cc1. The average molecular weight is 846 g/mol. The Morgan fingerprint density at radius 3 is 1.31 bits per heavy atom. The van der Waals surface area contributed by atoms with E-state index in [0.717, 1.165) is 11.4 Å². The van der Waals surface area contributed by atoms with Gasteiger partial charge in [-0.3, -0.25) is 0 Å². The van der Waals surface area contributed by atoms with E-state index in [4.69, 9.17) is 0 Å². The summed E-state index contributed by atoms with van der Waals surface area (Å²) in [5, 5.41) is 13.0. The molecule has 0 radical (unpaired) electrons. The number of fused-ring (bicyclic) bond motifs is 9. The van der Waals surface area contributed by atoms with Gasteiger partial charge in [0, 0.05) is 43.7 Å². The van der Waals surface area contributed by atoms with Crippen LogP contribution in [0.2, 0.25) is 0 Å². The van der Waals surface area contributed by atoms with E-state index in [-0.39, 0.29) is 0 Å². The van der Waals surface area contributed by atoms with Crippen molar-refractivity contribution in [2.75, 3.05) is 0 Å². The van der Waals surface area contributed by atoms with Gasteiger partial charge in [-0.15, -0.1) is 0 Å². The number of aryl methyl sites for hydroxylation is 1. The maximum Gasteiger partial charge on any atom is 0.179 e. The maximum absolute atomic E-state index is 2.68. The van der Waals surface area contributed by atoms with Crippen LogP contribution in [0.5, 0.6) is 0 Å². The first kappa shape index (κ1) is 37.4. The quantitative estimate of drug-likeness (QED) is 0.112. The van der Waals surface area contributed by atoms with E-state index in [9.17, 15) is 0 Å². The van der Waals surface area contributed by atoms with Crippen molar-refractivity contribution in [2.24, 2.45) is 0 Å². The summed E-state index contributed by atoms with van der Waals surface area (Å²) in [6, 6.07) is 90.3. The number of rotatable bonds is 7. The maximum atomic E-state index is 2.49. The first-order valence-electron chi connectivity index (χ1n) is 22.5. The second-order valence-electron chi connectivity index (χ2n) is 17.3. The molecule has 0 aliphatic carbocycles. The third kappa shape index (κ3) is 5.54. The van der Waals surface area contributed by atoms with Crippen LogP contribution in [-0.2, 0) is 0 Å². The second kappa shape index (κ2) is 14.7. The van der Waals surface area contributed by atoms with Crippen molar-refractivity contribution in [3.63, 3.8) is 0 Å². The fraction of sp³-hybridized carbons (Fsp3) is 0.0164. The second-order valence-corrected chi connectivity index (χ2v) is 21.2. The Kier molecular flexibility index (Phi) is 8.45. The largest absolute Gasteiger partial charge is 0.309 e.